The Balaban J connectivity index is 1.56. The Labute approximate surface area is 159 Å². The van der Waals surface area contributed by atoms with E-state index in [0.717, 1.165) is 51.4 Å². The predicted octanol–water partition coefficient (Wildman–Crippen LogP) is 4.22. The summed E-state index contributed by atoms with van der Waals surface area (Å²) in [4.78, 5) is 17.0. The van der Waals surface area contributed by atoms with Gasteiger partial charge in [0.2, 0.25) is 5.91 Å². The predicted molar refractivity (Wildman–Crippen MR) is 99.3 cm³/mol. The van der Waals surface area contributed by atoms with Crippen LogP contribution < -0.4 is 0 Å². The molecule has 2 aliphatic rings. The van der Waals surface area contributed by atoms with E-state index >= 15 is 0 Å². The molecule has 0 saturated carbocycles. The van der Waals surface area contributed by atoms with Crippen LogP contribution in [0.15, 0.2) is 24.3 Å². The highest BCUT2D eigenvalue weighted by molar-refractivity contribution is 5.79. The molecular weight excluding hydrogens is 353 g/mol. The molecular formula is C21H29F3N2O. The van der Waals surface area contributed by atoms with Crippen LogP contribution in [0.4, 0.5) is 13.2 Å². The molecule has 3 nitrogen and oxygen atoms in total. The van der Waals surface area contributed by atoms with Crippen LogP contribution in [0, 0.1) is 11.8 Å². The van der Waals surface area contributed by atoms with Crippen LogP contribution >= 0.6 is 0 Å². The summed E-state index contributed by atoms with van der Waals surface area (Å²) in [7, 11) is 2.08. The van der Waals surface area contributed by atoms with Crippen molar-refractivity contribution < 1.29 is 18.0 Å². The lowest BCUT2D eigenvalue weighted by atomic mass is 9.88. The maximum atomic E-state index is 13.2. The van der Waals surface area contributed by atoms with Crippen LogP contribution in [0.25, 0.3) is 0 Å². The van der Waals surface area contributed by atoms with Gasteiger partial charge in [0.1, 0.15) is 0 Å². The zero-order valence-corrected chi connectivity index (χ0v) is 16.0. The Bertz CT molecular complexity index is 639. The molecule has 2 heterocycles. The minimum Gasteiger partial charge on any atom is -0.342 e. The Kier molecular flexibility index (Phi) is 6.45. The molecule has 150 valence electrons. The van der Waals surface area contributed by atoms with Gasteiger partial charge in [-0.2, -0.15) is 13.2 Å². The van der Waals surface area contributed by atoms with Crippen molar-refractivity contribution in [3.05, 3.63) is 35.4 Å². The summed E-state index contributed by atoms with van der Waals surface area (Å²) in [6.45, 7) is 3.41. The van der Waals surface area contributed by atoms with Crippen molar-refractivity contribution in [2.45, 2.75) is 44.7 Å². The van der Waals surface area contributed by atoms with Crippen molar-refractivity contribution in [2.24, 2.45) is 11.8 Å². The number of carbonyl (C=O) groups is 1. The number of aryl methyl sites for hydroxylation is 1. The molecule has 0 bridgehead atoms. The summed E-state index contributed by atoms with van der Waals surface area (Å²) in [6, 6.07) is 5.84. The topological polar surface area (TPSA) is 23.6 Å². The van der Waals surface area contributed by atoms with E-state index < -0.39 is 11.7 Å². The number of carbonyl (C=O) groups excluding carboxylic acids is 1. The highest BCUT2D eigenvalue weighted by Crippen LogP contribution is 2.33. The van der Waals surface area contributed by atoms with Crippen LogP contribution in [-0.2, 0) is 17.4 Å². The Morgan fingerprint density at radius 2 is 1.81 bits per heavy atom. The van der Waals surface area contributed by atoms with Gasteiger partial charge in [0.15, 0.2) is 0 Å². The monoisotopic (exact) mass is 382 g/mol. The van der Waals surface area contributed by atoms with Gasteiger partial charge in [-0.05, 0) is 76.2 Å². The van der Waals surface area contributed by atoms with E-state index in [-0.39, 0.29) is 17.7 Å². The molecule has 2 fully saturated rings. The van der Waals surface area contributed by atoms with Crippen molar-refractivity contribution in [1.82, 2.24) is 9.80 Å². The molecule has 1 amide bonds. The van der Waals surface area contributed by atoms with E-state index in [1.807, 2.05) is 4.90 Å². The molecule has 27 heavy (non-hydrogen) atoms. The summed E-state index contributed by atoms with van der Waals surface area (Å²) in [6.07, 6.45) is 0.570. The largest absolute Gasteiger partial charge is 0.416 e. The van der Waals surface area contributed by atoms with Gasteiger partial charge in [-0.3, -0.25) is 4.79 Å². The number of halogens is 3. The quantitative estimate of drug-likeness (QED) is 0.779. The van der Waals surface area contributed by atoms with Crippen LogP contribution in [0.5, 0.6) is 0 Å². The second-order valence-corrected chi connectivity index (χ2v) is 8.06. The van der Waals surface area contributed by atoms with Gasteiger partial charge in [0.05, 0.1) is 5.56 Å². The first-order chi connectivity index (χ1) is 12.8. The maximum Gasteiger partial charge on any atom is 0.416 e. The highest BCUT2D eigenvalue weighted by atomic mass is 19.4. The second-order valence-electron chi connectivity index (χ2n) is 8.06. The zero-order chi connectivity index (χ0) is 19.4. The van der Waals surface area contributed by atoms with Crippen LogP contribution in [-0.4, -0.2) is 48.9 Å². The summed E-state index contributed by atoms with van der Waals surface area (Å²) in [5.41, 5.74) is -0.163. The number of nitrogens with zero attached hydrogens (tertiary/aromatic N) is 2. The van der Waals surface area contributed by atoms with Crippen molar-refractivity contribution in [1.29, 1.82) is 0 Å². The molecule has 1 atom stereocenters. The summed E-state index contributed by atoms with van der Waals surface area (Å²) in [5, 5.41) is 0. The Morgan fingerprint density at radius 3 is 2.52 bits per heavy atom. The van der Waals surface area contributed by atoms with E-state index in [0.29, 0.717) is 24.9 Å². The van der Waals surface area contributed by atoms with Gasteiger partial charge >= 0.3 is 6.18 Å². The molecule has 0 unspecified atom stereocenters. The number of likely N-dealkylation sites (tertiary alicyclic amines) is 2. The average molecular weight is 382 g/mol. The molecule has 2 aliphatic heterocycles. The van der Waals surface area contributed by atoms with Crippen molar-refractivity contribution >= 4 is 5.91 Å². The third-order valence-corrected chi connectivity index (χ3v) is 6.04. The first kappa shape index (κ1) is 20.2. The number of piperidine rings is 2. The van der Waals surface area contributed by atoms with Crippen molar-refractivity contribution in [2.75, 3.05) is 33.2 Å². The molecule has 1 aromatic carbocycles. The lowest BCUT2D eigenvalue weighted by Gasteiger charge is -2.37. The molecule has 6 heteroatoms. The molecule has 0 aliphatic carbocycles. The minimum atomic E-state index is -4.31. The maximum absolute atomic E-state index is 13.2. The summed E-state index contributed by atoms with van der Waals surface area (Å²) < 4.78 is 39.5. The van der Waals surface area contributed by atoms with Gasteiger partial charge < -0.3 is 9.80 Å². The minimum absolute atomic E-state index is 0.117. The van der Waals surface area contributed by atoms with Gasteiger partial charge in [0, 0.05) is 19.0 Å². The smallest absolute Gasteiger partial charge is 0.342 e. The Morgan fingerprint density at radius 1 is 1.11 bits per heavy atom. The molecule has 0 spiro atoms. The van der Waals surface area contributed by atoms with E-state index in [4.69, 9.17) is 0 Å². The third kappa shape index (κ3) is 5.24. The normalized spacial score (nSPS) is 22.8. The lowest BCUT2D eigenvalue weighted by Crippen LogP contribution is -2.45. The number of hydrogen-bond donors (Lipinski definition) is 0. The van der Waals surface area contributed by atoms with E-state index in [1.165, 1.54) is 6.07 Å². The standard InChI is InChI=1S/C21H29F3N2O/c1-25-13-10-18(11-14-25)20(27)26-12-4-5-16(15-26)8-9-17-6-2-3-7-19(17)21(22,23)24/h2-3,6-7,16,18H,4-5,8-15H2,1H3/t16-/m1/s1. The van der Waals surface area contributed by atoms with Crippen LogP contribution in [0.1, 0.15) is 43.2 Å². The van der Waals surface area contributed by atoms with E-state index in [2.05, 4.69) is 11.9 Å². The first-order valence-corrected chi connectivity index (χ1v) is 9.97. The van der Waals surface area contributed by atoms with Gasteiger partial charge in [-0.15, -0.1) is 0 Å². The number of amides is 1. The van der Waals surface area contributed by atoms with E-state index in [1.54, 1.807) is 12.1 Å². The second kappa shape index (κ2) is 8.63. The van der Waals surface area contributed by atoms with Crippen molar-refractivity contribution in [3.8, 4) is 0 Å². The highest BCUT2D eigenvalue weighted by Gasteiger charge is 2.34. The molecule has 2 saturated heterocycles. The first-order valence-electron chi connectivity index (χ1n) is 9.97. The molecule has 0 aromatic heterocycles. The molecule has 3 rings (SSSR count). The molecule has 1 aromatic rings. The third-order valence-electron chi connectivity index (χ3n) is 6.04. The van der Waals surface area contributed by atoms with Crippen LogP contribution in [0.3, 0.4) is 0 Å². The average Bonchev–Trinajstić information content (AvgIpc) is 2.66. The van der Waals surface area contributed by atoms with Gasteiger partial charge in [0.25, 0.3) is 0 Å². The fourth-order valence-electron chi connectivity index (χ4n) is 4.39. The fraction of sp³-hybridized carbons (Fsp3) is 0.667. The zero-order valence-electron chi connectivity index (χ0n) is 16.0. The number of rotatable bonds is 4. The van der Waals surface area contributed by atoms with Crippen LogP contribution in [0.2, 0.25) is 0 Å². The molecule has 0 radical (unpaired) electrons. The summed E-state index contributed by atoms with van der Waals surface area (Å²) >= 11 is 0. The molecule has 0 N–H and O–H groups in total. The number of hydrogen-bond acceptors (Lipinski definition) is 2. The van der Waals surface area contributed by atoms with Gasteiger partial charge in [-0.1, -0.05) is 18.2 Å². The van der Waals surface area contributed by atoms with Crippen molar-refractivity contribution in [3.63, 3.8) is 0 Å². The summed E-state index contributed by atoms with van der Waals surface area (Å²) in [5.74, 6) is 0.657. The van der Waals surface area contributed by atoms with E-state index in [9.17, 15) is 18.0 Å². The number of alkyl halides is 3. The van der Waals surface area contributed by atoms with Gasteiger partial charge in [-0.25, -0.2) is 0 Å². The SMILES string of the molecule is CN1CCC(C(=O)N2CCC[C@H](CCc3ccccc3C(F)(F)F)C2)CC1. The number of benzene rings is 1. The lowest BCUT2D eigenvalue weighted by molar-refractivity contribution is -0.139. The Hall–Kier alpha value is -1.56. The fourth-order valence-corrected chi connectivity index (χ4v) is 4.39.